The molecule has 0 aliphatic carbocycles. The van der Waals surface area contributed by atoms with Gasteiger partial charge in [0.05, 0.1) is 12.0 Å². The quantitative estimate of drug-likeness (QED) is 0.377. The van der Waals surface area contributed by atoms with E-state index in [1.807, 2.05) is 12.1 Å². The summed E-state index contributed by atoms with van der Waals surface area (Å²) in [5.41, 5.74) is 3.48. The second kappa shape index (κ2) is 8.10. The minimum Gasteiger partial charge on any atom is -0.461 e. The third-order valence-corrected chi connectivity index (χ3v) is 6.05. The zero-order valence-electron chi connectivity index (χ0n) is 15.3. The minimum absolute atomic E-state index is 0.748. The molecule has 3 aromatic heterocycles. The van der Waals surface area contributed by atoms with E-state index in [-0.39, 0.29) is 0 Å². The summed E-state index contributed by atoms with van der Waals surface area (Å²) in [4.78, 5) is 4.78. The molecule has 1 aromatic carbocycles. The van der Waals surface area contributed by atoms with Crippen LogP contribution < -0.4 is 0 Å². The van der Waals surface area contributed by atoms with Crippen LogP contribution in [0.1, 0.15) is 24.6 Å². The number of rotatable bonds is 7. The van der Waals surface area contributed by atoms with Gasteiger partial charge in [-0.05, 0) is 25.5 Å². The van der Waals surface area contributed by atoms with Gasteiger partial charge in [-0.25, -0.2) is 4.98 Å². The molecular weight excluding hydrogens is 376 g/mol. The summed E-state index contributed by atoms with van der Waals surface area (Å²) in [6.45, 7) is 5.10. The number of hydrogen-bond acceptors (Lipinski definition) is 6. The second-order valence-electron chi connectivity index (χ2n) is 6.23. The standard InChI is InChI=1S/C20H20N4OS2/c1-3-10-24-18(17-5-4-11-25-17)22-23-20(24)27-13-16-12-26-19(21-16)15-8-6-14(2)7-9-15/h4-9,11-12H,3,10,13H2,1-2H3. The molecule has 0 fully saturated rings. The van der Waals surface area contributed by atoms with Crippen LogP contribution in [0.15, 0.2) is 57.6 Å². The molecule has 5 nitrogen and oxygen atoms in total. The van der Waals surface area contributed by atoms with Gasteiger partial charge in [-0.3, -0.25) is 4.57 Å². The van der Waals surface area contributed by atoms with E-state index in [4.69, 9.17) is 9.40 Å². The Morgan fingerprint density at radius 1 is 1.15 bits per heavy atom. The fourth-order valence-electron chi connectivity index (χ4n) is 2.75. The monoisotopic (exact) mass is 396 g/mol. The molecule has 0 amide bonds. The fraction of sp³-hybridized carbons (Fsp3) is 0.250. The van der Waals surface area contributed by atoms with Gasteiger partial charge in [0, 0.05) is 23.2 Å². The lowest BCUT2D eigenvalue weighted by Crippen LogP contribution is -2.01. The Morgan fingerprint density at radius 2 is 2.00 bits per heavy atom. The second-order valence-corrected chi connectivity index (χ2v) is 8.03. The third-order valence-electron chi connectivity index (χ3n) is 4.11. The van der Waals surface area contributed by atoms with Crippen LogP contribution in [0, 0.1) is 6.92 Å². The molecule has 7 heteroatoms. The molecule has 0 spiro atoms. The Morgan fingerprint density at radius 3 is 2.74 bits per heavy atom. The van der Waals surface area contributed by atoms with E-state index in [1.54, 1.807) is 29.4 Å². The summed E-state index contributed by atoms with van der Waals surface area (Å²) in [5.74, 6) is 2.30. The van der Waals surface area contributed by atoms with Crippen molar-refractivity contribution < 1.29 is 4.42 Å². The molecule has 0 atom stereocenters. The lowest BCUT2D eigenvalue weighted by atomic mass is 10.2. The predicted molar refractivity (Wildman–Crippen MR) is 110 cm³/mol. The van der Waals surface area contributed by atoms with E-state index in [0.29, 0.717) is 0 Å². The van der Waals surface area contributed by atoms with E-state index in [1.165, 1.54) is 5.56 Å². The van der Waals surface area contributed by atoms with Gasteiger partial charge in [0.15, 0.2) is 16.7 Å². The lowest BCUT2D eigenvalue weighted by Gasteiger charge is -2.06. The Bertz CT molecular complexity index is 1000. The number of thioether (sulfide) groups is 1. The summed E-state index contributed by atoms with van der Waals surface area (Å²) in [6.07, 6.45) is 2.67. The molecule has 138 valence electrons. The van der Waals surface area contributed by atoms with Crippen LogP contribution in [0.4, 0.5) is 0 Å². The topological polar surface area (TPSA) is 56.7 Å². The normalized spacial score (nSPS) is 11.2. The van der Waals surface area contributed by atoms with Crippen LogP contribution in [0.25, 0.3) is 22.2 Å². The van der Waals surface area contributed by atoms with E-state index >= 15 is 0 Å². The number of aryl methyl sites for hydroxylation is 1. The Hall–Kier alpha value is -2.38. The summed E-state index contributed by atoms with van der Waals surface area (Å²) in [6, 6.07) is 12.3. The van der Waals surface area contributed by atoms with E-state index < -0.39 is 0 Å². The van der Waals surface area contributed by atoms with Gasteiger partial charge < -0.3 is 4.42 Å². The average molecular weight is 397 g/mol. The molecule has 0 saturated heterocycles. The van der Waals surface area contributed by atoms with Gasteiger partial charge in [0.1, 0.15) is 5.01 Å². The maximum atomic E-state index is 5.50. The first kappa shape index (κ1) is 18.0. The number of benzene rings is 1. The van der Waals surface area contributed by atoms with Crippen LogP contribution >= 0.6 is 23.1 Å². The zero-order valence-corrected chi connectivity index (χ0v) is 16.9. The van der Waals surface area contributed by atoms with Gasteiger partial charge in [-0.15, -0.1) is 21.5 Å². The minimum atomic E-state index is 0.748. The number of nitrogens with zero attached hydrogens (tertiary/aromatic N) is 4. The van der Waals surface area contributed by atoms with Crippen molar-refractivity contribution in [2.24, 2.45) is 0 Å². The van der Waals surface area contributed by atoms with Crippen molar-refractivity contribution in [2.45, 2.75) is 37.7 Å². The largest absolute Gasteiger partial charge is 0.461 e. The number of thiazole rings is 1. The molecule has 0 aliphatic rings. The smallest absolute Gasteiger partial charge is 0.200 e. The molecule has 4 aromatic rings. The van der Waals surface area contributed by atoms with Gasteiger partial charge in [-0.1, -0.05) is 48.5 Å². The summed E-state index contributed by atoms with van der Waals surface area (Å²) < 4.78 is 7.62. The van der Waals surface area contributed by atoms with Gasteiger partial charge in [-0.2, -0.15) is 0 Å². The maximum absolute atomic E-state index is 5.50. The van der Waals surface area contributed by atoms with Gasteiger partial charge in [0.25, 0.3) is 0 Å². The van der Waals surface area contributed by atoms with Gasteiger partial charge in [0.2, 0.25) is 0 Å². The van der Waals surface area contributed by atoms with Crippen LogP contribution in [0.5, 0.6) is 0 Å². The highest BCUT2D eigenvalue weighted by molar-refractivity contribution is 7.98. The Balaban J connectivity index is 1.50. The fourth-order valence-corrected chi connectivity index (χ4v) is 4.54. The molecule has 0 bridgehead atoms. The molecule has 4 rings (SSSR count). The number of aromatic nitrogens is 4. The van der Waals surface area contributed by atoms with Crippen molar-refractivity contribution in [3.63, 3.8) is 0 Å². The molecule has 3 heterocycles. The maximum Gasteiger partial charge on any atom is 0.200 e. The Kier molecular flexibility index (Phi) is 5.40. The van der Waals surface area contributed by atoms with Crippen LogP contribution in [0.2, 0.25) is 0 Å². The van der Waals surface area contributed by atoms with Crippen molar-refractivity contribution in [2.75, 3.05) is 0 Å². The predicted octanol–water partition coefficient (Wildman–Crippen LogP) is 5.67. The van der Waals surface area contributed by atoms with Crippen LogP contribution in [-0.4, -0.2) is 19.7 Å². The highest BCUT2D eigenvalue weighted by Crippen LogP contribution is 2.29. The Labute approximate surface area is 166 Å². The molecular formula is C20H20N4OS2. The summed E-state index contributed by atoms with van der Waals surface area (Å²) in [5, 5.41) is 12.8. The summed E-state index contributed by atoms with van der Waals surface area (Å²) in [7, 11) is 0. The van der Waals surface area contributed by atoms with Crippen LogP contribution in [0.3, 0.4) is 0 Å². The van der Waals surface area contributed by atoms with E-state index in [0.717, 1.165) is 51.7 Å². The molecule has 0 saturated carbocycles. The lowest BCUT2D eigenvalue weighted by molar-refractivity contribution is 0.559. The highest BCUT2D eigenvalue weighted by Gasteiger charge is 2.16. The van der Waals surface area contributed by atoms with E-state index in [2.05, 4.69) is 58.3 Å². The highest BCUT2D eigenvalue weighted by atomic mass is 32.2. The third kappa shape index (κ3) is 3.99. The van der Waals surface area contributed by atoms with E-state index in [9.17, 15) is 0 Å². The van der Waals surface area contributed by atoms with Crippen molar-refractivity contribution in [3.8, 4) is 22.2 Å². The van der Waals surface area contributed by atoms with Gasteiger partial charge >= 0.3 is 0 Å². The molecule has 0 radical (unpaired) electrons. The van der Waals surface area contributed by atoms with Crippen molar-refractivity contribution in [1.29, 1.82) is 0 Å². The molecule has 0 unspecified atom stereocenters. The van der Waals surface area contributed by atoms with Crippen molar-refractivity contribution in [3.05, 3.63) is 59.3 Å². The average Bonchev–Trinajstić information content (AvgIpc) is 3.42. The molecule has 0 aliphatic heterocycles. The van der Waals surface area contributed by atoms with Crippen molar-refractivity contribution in [1.82, 2.24) is 19.7 Å². The first-order chi connectivity index (χ1) is 13.2. The number of furan rings is 1. The molecule has 0 N–H and O–H groups in total. The first-order valence-corrected chi connectivity index (χ1v) is 10.7. The molecule has 27 heavy (non-hydrogen) atoms. The zero-order chi connectivity index (χ0) is 18.6. The van der Waals surface area contributed by atoms with Crippen molar-refractivity contribution >= 4 is 23.1 Å². The summed E-state index contributed by atoms with van der Waals surface area (Å²) >= 11 is 3.34. The van der Waals surface area contributed by atoms with Crippen LogP contribution in [-0.2, 0) is 12.3 Å². The number of hydrogen-bond donors (Lipinski definition) is 0. The SMILES string of the molecule is CCCn1c(SCc2csc(-c3ccc(C)cc3)n2)nnc1-c1ccco1. The first-order valence-electron chi connectivity index (χ1n) is 8.86.